The monoisotopic (exact) mass is 345 g/mol. The van der Waals surface area contributed by atoms with Crippen LogP contribution in [0.25, 0.3) is 0 Å². The third-order valence-electron chi connectivity index (χ3n) is 5.41. The fourth-order valence-corrected chi connectivity index (χ4v) is 3.71. The minimum Gasteiger partial charge on any atom is -0.481 e. The van der Waals surface area contributed by atoms with E-state index in [1.54, 1.807) is 4.90 Å². The fourth-order valence-electron chi connectivity index (χ4n) is 3.71. The molecule has 0 spiro atoms. The Balaban J connectivity index is 1.37. The normalized spacial score (nSPS) is 19.7. The number of nitrogens with one attached hydrogen (secondary N) is 1. The van der Waals surface area contributed by atoms with Gasteiger partial charge in [-0.25, -0.2) is 4.79 Å². The maximum absolute atomic E-state index is 12.3. The molecule has 2 fully saturated rings. The number of amides is 2. The van der Waals surface area contributed by atoms with Crippen molar-refractivity contribution in [1.29, 1.82) is 0 Å². The smallest absolute Gasteiger partial charge is 0.317 e. The highest BCUT2D eigenvalue weighted by atomic mass is 16.4. The number of hydrogen-bond acceptors (Lipinski definition) is 3. The Kier molecular flexibility index (Phi) is 5.79. The molecule has 136 valence electrons. The highest BCUT2D eigenvalue weighted by molar-refractivity contribution is 5.75. The number of carboxylic acid groups (broad SMARTS) is 1. The average Bonchev–Trinajstić information content (AvgIpc) is 2.67. The summed E-state index contributed by atoms with van der Waals surface area (Å²) in [7, 11) is 0. The van der Waals surface area contributed by atoms with Gasteiger partial charge in [-0.15, -0.1) is 0 Å². The Morgan fingerprint density at radius 2 is 1.64 bits per heavy atom. The Bertz CT molecular complexity index is 577. The Morgan fingerprint density at radius 1 is 1.00 bits per heavy atom. The van der Waals surface area contributed by atoms with Crippen molar-refractivity contribution in [2.45, 2.75) is 25.7 Å². The van der Waals surface area contributed by atoms with Crippen LogP contribution in [0.4, 0.5) is 10.5 Å². The van der Waals surface area contributed by atoms with Crippen molar-refractivity contribution in [1.82, 2.24) is 10.2 Å². The molecule has 0 saturated carbocycles. The first-order chi connectivity index (χ1) is 12.1. The van der Waals surface area contributed by atoms with Gasteiger partial charge >= 0.3 is 12.0 Å². The molecule has 2 aliphatic rings. The third-order valence-corrected chi connectivity index (χ3v) is 5.41. The number of urea groups is 1. The van der Waals surface area contributed by atoms with Crippen molar-refractivity contribution in [2.24, 2.45) is 11.8 Å². The number of carbonyl (C=O) groups excluding carboxylic acids is 1. The van der Waals surface area contributed by atoms with E-state index in [-0.39, 0.29) is 11.9 Å². The third kappa shape index (κ3) is 4.65. The summed E-state index contributed by atoms with van der Waals surface area (Å²) in [5, 5.41) is 12.1. The Hall–Kier alpha value is -2.24. The largest absolute Gasteiger partial charge is 0.481 e. The van der Waals surface area contributed by atoms with E-state index >= 15 is 0 Å². The minimum atomic E-state index is -0.745. The number of piperidine rings is 2. The van der Waals surface area contributed by atoms with Crippen LogP contribution in [0.5, 0.6) is 0 Å². The van der Waals surface area contributed by atoms with Gasteiger partial charge in [-0.1, -0.05) is 18.2 Å². The van der Waals surface area contributed by atoms with Crippen molar-refractivity contribution in [2.75, 3.05) is 37.6 Å². The van der Waals surface area contributed by atoms with Gasteiger partial charge in [0.1, 0.15) is 0 Å². The second kappa shape index (κ2) is 8.23. The van der Waals surface area contributed by atoms with Crippen molar-refractivity contribution in [3.8, 4) is 0 Å². The highest BCUT2D eigenvalue weighted by Crippen LogP contribution is 2.23. The number of hydrogen-bond donors (Lipinski definition) is 2. The first kappa shape index (κ1) is 17.6. The summed E-state index contributed by atoms with van der Waals surface area (Å²) in [5.41, 5.74) is 1.27. The molecular formula is C19H27N3O3. The van der Waals surface area contributed by atoms with Gasteiger partial charge in [-0.05, 0) is 43.7 Å². The van der Waals surface area contributed by atoms with Crippen LogP contribution < -0.4 is 10.2 Å². The quantitative estimate of drug-likeness (QED) is 0.879. The molecule has 2 saturated heterocycles. The highest BCUT2D eigenvalue weighted by Gasteiger charge is 2.27. The van der Waals surface area contributed by atoms with Crippen LogP contribution in [0.1, 0.15) is 25.7 Å². The first-order valence-corrected chi connectivity index (χ1v) is 9.19. The predicted molar refractivity (Wildman–Crippen MR) is 96.7 cm³/mol. The number of likely N-dealkylation sites (tertiary alicyclic amines) is 1. The van der Waals surface area contributed by atoms with Gasteiger partial charge < -0.3 is 20.2 Å². The number of benzene rings is 1. The molecule has 25 heavy (non-hydrogen) atoms. The first-order valence-electron chi connectivity index (χ1n) is 9.19. The van der Waals surface area contributed by atoms with Gasteiger partial charge in [0.25, 0.3) is 0 Å². The van der Waals surface area contributed by atoms with E-state index in [9.17, 15) is 9.59 Å². The number of rotatable bonds is 4. The lowest BCUT2D eigenvalue weighted by molar-refractivity contribution is -0.143. The Labute approximate surface area is 148 Å². The number of para-hydroxylation sites is 1. The zero-order valence-corrected chi connectivity index (χ0v) is 14.6. The molecule has 1 aromatic rings. The molecule has 0 atom stereocenters. The second-order valence-corrected chi connectivity index (χ2v) is 7.05. The average molecular weight is 345 g/mol. The summed E-state index contributed by atoms with van der Waals surface area (Å²) in [6.07, 6.45) is 3.27. The molecule has 0 unspecified atom stereocenters. The van der Waals surface area contributed by atoms with Crippen LogP contribution in [-0.4, -0.2) is 54.7 Å². The molecule has 6 nitrogen and oxygen atoms in total. The minimum absolute atomic E-state index is 0.0469. The van der Waals surface area contributed by atoms with Crippen molar-refractivity contribution >= 4 is 17.7 Å². The SMILES string of the molecule is O=C(O)C1CCN(C(=O)NCC2CCN(c3ccccc3)CC2)CC1. The number of carbonyl (C=O) groups is 2. The van der Waals surface area contributed by atoms with E-state index < -0.39 is 5.97 Å². The van der Waals surface area contributed by atoms with E-state index in [2.05, 4.69) is 34.5 Å². The van der Waals surface area contributed by atoms with Gasteiger partial charge in [-0.2, -0.15) is 0 Å². The Morgan fingerprint density at radius 3 is 2.24 bits per heavy atom. The maximum Gasteiger partial charge on any atom is 0.317 e. The second-order valence-electron chi connectivity index (χ2n) is 7.05. The van der Waals surface area contributed by atoms with Crippen LogP contribution in [-0.2, 0) is 4.79 Å². The standard InChI is InChI=1S/C19H27N3O3/c23-18(24)16-8-12-22(13-9-16)19(25)20-14-15-6-10-21(11-7-15)17-4-2-1-3-5-17/h1-5,15-16H,6-14H2,(H,20,25)(H,23,24). The van der Waals surface area contributed by atoms with Gasteiger partial charge in [0.15, 0.2) is 0 Å². The molecule has 3 rings (SSSR count). The summed E-state index contributed by atoms with van der Waals surface area (Å²) in [6, 6.07) is 10.4. The van der Waals surface area contributed by atoms with E-state index in [0.717, 1.165) is 25.9 Å². The maximum atomic E-state index is 12.3. The zero-order chi connectivity index (χ0) is 17.6. The van der Waals surface area contributed by atoms with Crippen LogP contribution >= 0.6 is 0 Å². The van der Waals surface area contributed by atoms with E-state index in [1.807, 2.05) is 6.07 Å². The summed E-state index contributed by atoms with van der Waals surface area (Å²) in [4.78, 5) is 27.4. The van der Waals surface area contributed by atoms with E-state index in [1.165, 1.54) is 5.69 Å². The van der Waals surface area contributed by atoms with Crippen molar-refractivity contribution in [3.05, 3.63) is 30.3 Å². The van der Waals surface area contributed by atoms with Crippen molar-refractivity contribution in [3.63, 3.8) is 0 Å². The summed E-state index contributed by atoms with van der Waals surface area (Å²) in [6.45, 7) is 3.83. The van der Waals surface area contributed by atoms with E-state index in [0.29, 0.717) is 38.4 Å². The van der Waals surface area contributed by atoms with Gasteiger partial charge in [-0.3, -0.25) is 4.79 Å². The number of carboxylic acids is 1. The van der Waals surface area contributed by atoms with Crippen LogP contribution in [0.15, 0.2) is 30.3 Å². The fraction of sp³-hybridized carbons (Fsp3) is 0.579. The number of nitrogens with zero attached hydrogens (tertiary/aromatic N) is 2. The summed E-state index contributed by atoms with van der Waals surface area (Å²) in [5.74, 6) is -0.530. The van der Waals surface area contributed by atoms with Gasteiger partial charge in [0.05, 0.1) is 5.92 Å². The van der Waals surface area contributed by atoms with Crippen molar-refractivity contribution < 1.29 is 14.7 Å². The molecule has 0 radical (unpaired) electrons. The van der Waals surface area contributed by atoms with Crippen LogP contribution in [0.3, 0.4) is 0 Å². The van der Waals surface area contributed by atoms with E-state index in [4.69, 9.17) is 5.11 Å². The summed E-state index contributed by atoms with van der Waals surface area (Å²) >= 11 is 0. The number of anilines is 1. The van der Waals surface area contributed by atoms with Gasteiger partial charge in [0, 0.05) is 38.4 Å². The molecule has 2 heterocycles. The zero-order valence-electron chi connectivity index (χ0n) is 14.6. The lowest BCUT2D eigenvalue weighted by atomic mass is 9.96. The predicted octanol–water partition coefficient (Wildman–Crippen LogP) is 2.41. The summed E-state index contributed by atoms with van der Waals surface area (Å²) < 4.78 is 0. The molecule has 6 heteroatoms. The molecule has 1 aromatic carbocycles. The lowest BCUT2D eigenvalue weighted by Crippen LogP contribution is -2.47. The molecule has 2 N–H and O–H groups in total. The topological polar surface area (TPSA) is 72.9 Å². The molecule has 2 amide bonds. The lowest BCUT2D eigenvalue weighted by Gasteiger charge is -2.34. The number of aliphatic carboxylic acids is 1. The molecular weight excluding hydrogens is 318 g/mol. The molecule has 0 bridgehead atoms. The van der Waals surface area contributed by atoms with Crippen LogP contribution in [0.2, 0.25) is 0 Å². The van der Waals surface area contributed by atoms with Gasteiger partial charge in [0.2, 0.25) is 0 Å². The van der Waals surface area contributed by atoms with Crippen LogP contribution in [0, 0.1) is 11.8 Å². The molecule has 0 aliphatic carbocycles. The molecule has 2 aliphatic heterocycles. The molecule has 0 aromatic heterocycles.